The summed E-state index contributed by atoms with van der Waals surface area (Å²) < 4.78 is 0. The zero-order valence-electron chi connectivity index (χ0n) is 36.0. The van der Waals surface area contributed by atoms with Crippen LogP contribution in [0.25, 0.3) is 35.1 Å². The van der Waals surface area contributed by atoms with Crippen molar-refractivity contribution in [3.63, 3.8) is 0 Å². The number of fused-ring (bicyclic) bond motifs is 3. The molecule has 0 radical (unpaired) electrons. The number of aryl methyl sites for hydroxylation is 4. The first-order valence-corrected chi connectivity index (χ1v) is 22.6. The minimum atomic E-state index is 1.14. The molecule has 0 spiro atoms. The average molecular weight is 803 g/mol. The van der Waals surface area contributed by atoms with E-state index < -0.39 is 0 Å². The number of benzene rings is 8. The van der Waals surface area contributed by atoms with E-state index in [1.165, 1.54) is 139 Å². The summed E-state index contributed by atoms with van der Waals surface area (Å²) >= 11 is 0. The predicted molar refractivity (Wildman–Crippen MR) is 267 cm³/mol. The molecule has 2 aliphatic carbocycles. The van der Waals surface area contributed by atoms with E-state index in [2.05, 4.69) is 218 Å². The number of hydrogen-bond donors (Lipinski definition) is 0. The van der Waals surface area contributed by atoms with Gasteiger partial charge in [0.15, 0.2) is 0 Å². The fraction of sp³-hybridized carbons (Fsp3) is 0.167. The fourth-order valence-electron chi connectivity index (χ4n) is 9.53. The molecule has 0 atom stereocenters. The van der Waals surface area contributed by atoms with Gasteiger partial charge in [0.25, 0.3) is 0 Å². The van der Waals surface area contributed by atoms with Gasteiger partial charge in [0.05, 0.1) is 0 Å². The zero-order valence-corrected chi connectivity index (χ0v) is 36.0. The van der Waals surface area contributed by atoms with Crippen molar-refractivity contribution in [1.29, 1.82) is 0 Å². The molecule has 10 rings (SSSR count). The van der Waals surface area contributed by atoms with Crippen LogP contribution in [0.3, 0.4) is 0 Å². The quantitative estimate of drug-likeness (QED) is 0.127. The molecular weight excluding hydrogens is 749 g/mol. The molecule has 0 bridgehead atoms. The lowest BCUT2D eigenvalue weighted by Crippen LogP contribution is -2.15. The largest absolute Gasteiger partial charge is 0.310 e. The summed E-state index contributed by atoms with van der Waals surface area (Å²) in [7, 11) is 0. The smallest absolute Gasteiger partial charge is 0.0496 e. The van der Waals surface area contributed by atoms with Crippen molar-refractivity contribution in [3.8, 4) is 0 Å². The normalized spacial score (nSPS) is 13.6. The first-order chi connectivity index (χ1) is 30.5. The summed E-state index contributed by atoms with van der Waals surface area (Å²) in [6, 6.07) is 63.1. The molecule has 8 aromatic rings. The van der Waals surface area contributed by atoms with Crippen LogP contribution >= 0.6 is 0 Å². The third-order valence-corrected chi connectivity index (χ3v) is 12.9. The van der Waals surface area contributed by atoms with Crippen molar-refractivity contribution < 1.29 is 0 Å². The van der Waals surface area contributed by atoms with Gasteiger partial charge in [-0.2, -0.15) is 0 Å². The Hall–Kier alpha value is -6.90. The van der Waals surface area contributed by atoms with E-state index >= 15 is 0 Å². The molecule has 2 nitrogen and oxygen atoms in total. The average Bonchev–Trinajstić information content (AvgIpc) is 3.32. The van der Waals surface area contributed by atoms with E-state index in [-0.39, 0.29) is 0 Å². The highest BCUT2D eigenvalue weighted by molar-refractivity contribution is 5.89. The van der Waals surface area contributed by atoms with E-state index in [1.54, 1.807) is 0 Å². The summed E-state index contributed by atoms with van der Waals surface area (Å²) in [6.07, 6.45) is 18.6. The molecule has 0 saturated carbocycles. The third-order valence-electron chi connectivity index (χ3n) is 12.9. The molecule has 0 aliphatic heterocycles. The van der Waals surface area contributed by atoms with Gasteiger partial charge in [-0.05, 0) is 193 Å². The lowest BCUT2D eigenvalue weighted by molar-refractivity contribution is 0.686. The van der Waals surface area contributed by atoms with Crippen molar-refractivity contribution in [2.45, 2.75) is 65.2 Å². The van der Waals surface area contributed by atoms with E-state index in [4.69, 9.17) is 0 Å². The maximum absolute atomic E-state index is 2.44. The van der Waals surface area contributed by atoms with Gasteiger partial charge < -0.3 is 9.80 Å². The van der Waals surface area contributed by atoms with Gasteiger partial charge in [0, 0.05) is 34.1 Å². The second kappa shape index (κ2) is 17.6. The van der Waals surface area contributed by atoms with Gasteiger partial charge in [0.2, 0.25) is 0 Å². The van der Waals surface area contributed by atoms with Crippen LogP contribution in [-0.4, -0.2) is 0 Å². The standard InChI is InChI=1S/C60H54N2/c1-43-17-33-53(34-18-43)61(59-15-7-11-49-9-3-5-13-57(49)59)55-37-27-45(28-38-55)21-23-47-25-31-52-42-48(26-32-51(52)41-47)24-22-46-29-39-56(40-30-46)62(54-35-19-44(2)20-36-54)60-16-8-12-50-10-4-6-14-58(50)60/h7-8,11-12,15-42H,3-6,9-10,13-14H2,1-2H3/b23-21+,24-22+. The van der Waals surface area contributed by atoms with Crippen molar-refractivity contribution in [2.24, 2.45) is 0 Å². The van der Waals surface area contributed by atoms with Gasteiger partial charge in [0.1, 0.15) is 0 Å². The Labute approximate surface area is 368 Å². The van der Waals surface area contributed by atoms with Crippen molar-refractivity contribution in [2.75, 3.05) is 9.80 Å². The zero-order chi connectivity index (χ0) is 41.8. The SMILES string of the molecule is Cc1ccc(N(c2ccc(/C=C/c3ccc4cc(/C=C/c5ccc(N(c6ccc(C)cc6)c6cccc7c6CCCC7)cc5)ccc4c3)cc2)c2cccc3c2CCCC3)cc1. The van der Waals surface area contributed by atoms with Crippen LogP contribution in [0.4, 0.5) is 34.1 Å². The Morgan fingerprint density at radius 3 is 1.08 bits per heavy atom. The molecule has 0 unspecified atom stereocenters. The van der Waals surface area contributed by atoms with Crippen molar-refractivity contribution >= 4 is 69.2 Å². The summed E-state index contributed by atoms with van der Waals surface area (Å²) in [5.74, 6) is 0. The number of anilines is 6. The van der Waals surface area contributed by atoms with Crippen molar-refractivity contribution in [1.82, 2.24) is 0 Å². The fourth-order valence-corrected chi connectivity index (χ4v) is 9.53. The Kier molecular flexibility index (Phi) is 11.1. The summed E-state index contributed by atoms with van der Waals surface area (Å²) in [5.41, 5.74) is 20.7. The molecule has 62 heavy (non-hydrogen) atoms. The topological polar surface area (TPSA) is 6.48 Å². The van der Waals surface area contributed by atoms with Crippen LogP contribution in [0.15, 0.2) is 170 Å². The lowest BCUT2D eigenvalue weighted by atomic mass is 9.90. The maximum atomic E-state index is 2.44. The Bertz CT molecular complexity index is 2700. The number of nitrogens with zero attached hydrogens (tertiary/aromatic N) is 2. The first kappa shape index (κ1) is 39.2. The van der Waals surface area contributed by atoms with Gasteiger partial charge in [-0.15, -0.1) is 0 Å². The molecule has 0 heterocycles. The molecule has 304 valence electrons. The van der Waals surface area contributed by atoms with Gasteiger partial charge in [-0.3, -0.25) is 0 Å². The van der Waals surface area contributed by atoms with Crippen LogP contribution in [-0.2, 0) is 25.7 Å². The van der Waals surface area contributed by atoms with E-state index in [1.807, 2.05) is 0 Å². The molecule has 0 aromatic heterocycles. The molecule has 2 heteroatoms. The molecular formula is C60H54N2. The molecule has 0 N–H and O–H groups in total. The van der Waals surface area contributed by atoms with Gasteiger partial charge in [-0.25, -0.2) is 0 Å². The molecule has 8 aromatic carbocycles. The van der Waals surface area contributed by atoms with Gasteiger partial charge >= 0.3 is 0 Å². The highest BCUT2D eigenvalue weighted by Crippen LogP contribution is 2.42. The molecule has 0 amide bonds. The molecule has 0 fully saturated rings. The van der Waals surface area contributed by atoms with Crippen LogP contribution in [0.1, 0.15) is 81.3 Å². The Balaban J connectivity index is 0.845. The van der Waals surface area contributed by atoms with Crippen LogP contribution in [0, 0.1) is 13.8 Å². The van der Waals surface area contributed by atoms with Crippen LogP contribution in [0.2, 0.25) is 0 Å². The monoisotopic (exact) mass is 802 g/mol. The highest BCUT2D eigenvalue weighted by Gasteiger charge is 2.22. The van der Waals surface area contributed by atoms with Gasteiger partial charge in [-0.1, -0.05) is 132 Å². The Morgan fingerprint density at radius 2 is 0.677 bits per heavy atom. The maximum Gasteiger partial charge on any atom is 0.0496 e. The second-order valence-corrected chi connectivity index (χ2v) is 17.3. The van der Waals surface area contributed by atoms with Crippen molar-refractivity contribution in [3.05, 3.63) is 225 Å². The summed E-state index contributed by atoms with van der Waals surface area (Å²) in [5, 5.41) is 2.48. The lowest BCUT2D eigenvalue weighted by Gasteiger charge is -2.30. The predicted octanol–water partition coefficient (Wildman–Crippen LogP) is 16.5. The van der Waals surface area contributed by atoms with E-state index in [0.29, 0.717) is 0 Å². The van der Waals surface area contributed by atoms with E-state index in [0.717, 1.165) is 12.8 Å². The summed E-state index contributed by atoms with van der Waals surface area (Å²) in [4.78, 5) is 4.88. The van der Waals surface area contributed by atoms with E-state index in [9.17, 15) is 0 Å². The minimum Gasteiger partial charge on any atom is -0.310 e. The molecule has 0 saturated heterocycles. The summed E-state index contributed by atoms with van der Waals surface area (Å²) in [6.45, 7) is 4.31. The van der Waals surface area contributed by atoms with Crippen LogP contribution < -0.4 is 9.80 Å². The number of hydrogen-bond acceptors (Lipinski definition) is 2. The number of rotatable bonds is 10. The highest BCUT2D eigenvalue weighted by atomic mass is 15.1. The Morgan fingerprint density at radius 1 is 0.339 bits per heavy atom. The second-order valence-electron chi connectivity index (χ2n) is 17.3. The minimum absolute atomic E-state index is 1.14. The third kappa shape index (κ3) is 8.39. The van der Waals surface area contributed by atoms with Crippen LogP contribution in [0.5, 0.6) is 0 Å². The first-order valence-electron chi connectivity index (χ1n) is 22.6. The molecule has 2 aliphatic rings.